The second-order valence-corrected chi connectivity index (χ2v) is 4.84. The number of nitrogens with one attached hydrogen (secondary N) is 2. The summed E-state index contributed by atoms with van der Waals surface area (Å²) in [6, 6.07) is 10.4. The van der Waals surface area contributed by atoms with Crippen LogP contribution >= 0.6 is 0 Å². The predicted molar refractivity (Wildman–Crippen MR) is 77.0 cm³/mol. The van der Waals surface area contributed by atoms with E-state index in [1.54, 1.807) is 7.11 Å². The third-order valence-corrected chi connectivity index (χ3v) is 2.73. The van der Waals surface area contributed by atoms with Crippen LogP contribution in [0.2, 0.25) is 0 Å². The molecule has 1 unspecified atom stereocenters. The average molecular weight is 264 g/mol. The first-order valence-electron chi connectivity index (χ1n) is 6.70. The number of rotatable bonds is 8. The zero-order chi connectivity index (χ0) is 14.1. The van der Waals surface area contributed by atoms with Gasteiger partial charge in [-0.2, -0.15) is 0 Å². The minimum Gasteiger partial charge on any atom is -0.383 e. The summed E-state index contributed by atoms with van der Waals surface area (Å²) in [4.78, 5) is 11.5. The monoisotopic (exact) mass is 264 g/mol. The SMILES string of the molecule is COCC(NCCC(=O)NC(C)C)c1ccccc1. The van der Waals surface area contributed by atoms with E-state index in [9.17, 15) is 4.79 Å². The van der Waals surface area contributed by atoms with Crippen molar-refractivity contribution in [3.05, 3.63) is 35.9 Å². The molecule has 1 aromatic carbocycles. The molecule has 0 saturated heterocycles. The summed E-state index contributed by atoms with van der Waals surface area (Å²) in [5, 5.41) is 6.23. The first-order chi connectivity index (χ1) is 9.13. The summed E-state index contributed by atoms with van der Waals surface area (Å²) in [5.41, 5.74) is 1.17. The Hall–Kier alpha value is -1.39. The molecule has 106 valence electrons. The molecular formula is C15H24N2O2. The van der Waals surface area contributed by atoms with E-state index in [0.29, 0.717) is 19.6 Å². The second kappa shape index (κ2) is 8.67. The molecular weight excluding hydrogens is 240 g/mol. The molecule has 4 nitrogen and oxygen atoms in total. The maximum atomic E-state index is 11.5. The third kappa shape index (κ3) is 6.36. The Morgan fingerprint density at radius 3 is 2.53 bits per heavy atom. The van der Waals surface area contributed by atoms with E-state index in [0.717, 1.165) is 0 Å². The van der Waals surface area contributed by atoms with Gasteiger partial charge in [0, 0.05) is 26.1 Å². The van der Waals surface area contributed by atoms with Gasteiger partial charge in [0.2, 0.25) is 5.91 Å². The number of carbonyl (C=O) groups excluding carboxylic acids is 1. The van der Waals surface area contributed by atoms with Gasteiger partial charge in [0.25, 0.3) is 0 Å². The van der Waals surface area contributed by atoms with Crippen LogP contribution in [-0.4, -0.2) is 32.2 Å². The van der Waals surface area contributed by atoms with Gasteiger partial charge in [-0.05, 0) is 19.4 Å². The predicted octanol–water partition coefficient (Wildman–Crippen LogP) is 1.88. The highest BCUT2D eigenvalue weighted by Crippen LogP contribution is 2.12. The topological polar surface area (TPSA) is 50.4 Å². The van der Waals surface area contributed by atoms with Crippen molar-refractivity contribution in [2.75, 3.05) is 20.3 Å². The lowest BCUT2D eigenvalue weighted by atomic mass is 10.1. The van der Waals surface area contributed by atoms with Crippen LogP contribution in [0.1, 0.15) is 31.9 Å². The highest BCUT2D eigenvalue weighted by Gasteiger charge is 2.11. The van der Waals surface area contributed by atoms with Gasteiger partial charge in [0.15, 0.2) is 0 Å². The molecule has 2 N–H and O–H groups in total. The summed E-state index contributed by atoms with van der Waals surface area (Å²) in [6.07, 6.45) is 0.477. The summed E-state index contributed by atoms with van der Waals surface area (Å²) in [6.45, 7) is 5.16. The number of ether oxygens (including phenoxy) is 1. The lowest BCUT2D eigenvalue weighted by Crippen LogP contribution is -2.34. The van der Waals surface area contributed by atoms with E-state index in [4.69, 9.17) is 4.74 Å². The van der Waals surface area contributed by atoms with Gasteiger partial charge in [-0.25, -0.2) is 0 Å². The number of hydrogen-bond acceptors (Lipinski definition) is 3. The number of benzene rings is 1. The summed E-state index contributed by atoms with van der Waals surface area (Å²) in [7, 11) is 1.68. The smallest absolute Gasteiger partial charge is 0.221 e. The van der Waals surface area contributed by atoms with Gasteiger partial charge in [-0.15, -0.1) is 0 Å². The van der Waals surface area contributed by atoms with Gasteiger partial charge < -0.3 is 15.4 Å². The largest absolute Gasteiger partial charge is 0.383 e. The van der Waals surface area contributed by atoms with Crippen LogP contribution in [0.3, 0.4) is 0 Å². The first-order valence-corrected chi connectivity index (χ1v) is 6.70. The highest BCUT2D eigenvalue weighted by atomic mass is 16.5. The van der Waals surface area contributed by atoms with Crippen LogP contribution in [0.4, 0.5) is 0 Å². The number of amides is 1. The van der Waals surface area contributed by atoms with E-state index in [1.807, 2.05) is 32.0 Å². The minimum absolute atomic E-state index is 0.0757. The molecule has 0 aromatic heterocycles. The Morgan fingerprint density at radius 2 is 1.95 bits per heavy atom. The summed E-state index contributed by atoms with van der Waals surface area (Å²) >= 11 is 0. The molecule has 0 bridgehead atoms. The molecule has 4 heteroatoms. The number of methoxy groups -OCH3 is 1. The molecule has 1 rings (SSSR count). The van der Waals surface area contributed by atoms with Crippen LogP contribution < -0.4 is 10.6 Å². The average Bonchev–Trinajstić information content (AvgIpc) is 2.38. The number of carbonyl (C=O) groups is 1. The Kier molecular flexibility index (Phi) is 7.15. The van der Waals surface area contributed by atoms with Crippen molar-refractivity contribution < 1.29 is 9.53 Å². The molecule has 19 heavy (non-hydrogen) atoms. The van der Waals surface area contributed by atoms with Crippen LogP contribution in [0.25, 0.3) is 0 Å². The Bertz CT molecular complexity index is 366. The second-order valence-electron chi connectivity index (χ2n) is 4.84. The van der Waals surface area contributed by atoms with Crippen LogP contribution in [0.5, 0.6) is 0 Å². The highest BCUT2D eigenvalue weighted by molar-refractivity contribution is 5.76. The zero-order valence-electron chi connectivity index (χ0n) is 12.0. The fraction of sp³-hybridized carbons (Fsp3) is 0.533. The molecule has 1 aromatic rings. The quantitative estimate of drug-likeness (QED) is 0.754. The van der Waals surface area contributed by atoms with Crippen molar-refractivity contribution in [1.82, 2.24) is 10.6 Å². The maximum absolute atomic E-state index is 11.5. The Labute approximate surface area is 115 Å². The molecule has 0 aliphatic heterocycles. The van der Waals surface area contributed by atoms with Gasteiger partial charge >= 0.3 is 0 Å². The molecule has 0 aliphatic rings. The lowest BCUT2D eigenvalue weighted by Gasteiger charge is -2.18. The molecule has 1 atom stereocenters. The molecule has 0 aliphatic carbocycles. The lowest BCUT2D eigenvalue weighted by molar-refractivity contribution is -0.121. The van der Waals surface area contributed by atoms with Crippen molar-refractivity contribution in [2.24, 2.45) is 0 Å². The van der Waals surface area contributed by atoms with E-state index < -0.39 is 0 Å². The Morgan fingerprint density at radius 1 is 1.26 bits per heavy atom. The van der Waals surface area contributed by atoms with Gasteiger partial charge in [-0.1, -0.05) is 30.3 Å². The molecule has 1 amide bonds. The van der Waals surface area contributed by atoms with Crippen LogP contribution in [0, 0.1) is 0 Å². The molecule has 0 saturated carbocycles. The molecule has 0 heterocycles. The third-order valence-electron chi connectivity index (χ3n) is 2.73. The molecule has 0 radical (unpaired) electrons. The summed E-state index contributed by atoms with van der Waals surface area (Å²) in [5.74, 6) is 0.0757. The minimum atomic E-state index is 0.0757. The maximum Gasteiger partial charge on any atom is 0.221 e. The van der Waals surface area contributed by atoms with Gasteiger partial charge in [0.1, 0.15) is 0 Å². The summed E-state index contributed by atoms with van der Waals surface area (Å²) < 4.78 is 5.22. The standard InChI is InChI=1S/C15H24N2O2/c1-12(2)17-15(18)9-10-16-14(11-19-3)13-7-5-4-6-8-13/h4-8,12,14,16H,9-11H2,1-3H3,(H,17,18). The van der Waals surface area contributed by atoms with E-state index >= 15 is 0 Å². The van der Waals surface area contributed by atoms with E-state index in [2.05, 4.69) is 22.8 Å². The van der Waals surface area contributed by atoms with Crippen molar-refractivity contribution >= 4 is 5.91 Å². The van der Waals surface area contributed by atoms with Gasteiger partial charge in [-0.3, -0.25) is 4.79 Å². The normalized spacial score (nSPS) is 12.4. The van der Waals surface area contributed by atoms with Crippen molar-refractivity contribution in [3.63, 3.8) is 0 Å². The van der Waals surface area contributed by atoms with Crippen LogP contribution in [0.15, 0.2) is 30.3 Å². The fourth-order valence-electron chi connectivity index (χ4n) is 1.88. The van der Waals surface area contributed by atoms with Crippen molar-refractivity contribution in [3.8, 4) is 0 Å². The Balaban J connectivity index is 2.41. The molecule has 0 spiro atoms. The molecule has 0 fully saturated rings. The van der Waals surface area contributed by atoms with Crippen molar-refractivity contribution in [2.45, 2.75) is 32.4 Å². The van der Waals surface area contributed by atoms with E-state index in [1.165, 1.54) is 5.56 Å². The fourth-order valence-corrected chi connectivity index (χ4v) is 1.88. The van der Waals surface area contributed by atoms with Crippen molar-refractivity contribution in [1.29, 1.82) is 0 Å². The van der Waals surface area contributed by atoms with Gasteiger partial charge in [0.05, 0.1) is 12.6 Å². The first kappa shape index (κ1) is 15.7. The van der Waals surface area contributed by atoms with E-state index in [-0.39, 0.29) is 18.0 Å². The number of hydrogen-bond donors (Lipinski definition) is 2. The van der Waals surface area contributed by atoms with Crippen LogP contribution in [-0.2, 0) is 9.53 Å². The zero-order valence-corrected chi connectivity index (χ0v) is 12.0.